The molecule has 0 radical (unpaired) electrons. The van der Waals surface area contributed by atoms with Crippen molar-refractivity contribution < 1.29 is 0 Å². The number of hydrogen-bond donors (Lipinski definition) is 0. The standard InChI is InChI=1S/C19H20N2O/c1-13(2)21-18(12-15-10-8-14(3)9-11-15)20-17-7-5-4-6-16(17)19(21)22/h4-11,13H,12H2,1-3H3. The third-order valence-electron chi connectivity index (χ3n) is 3.88. The van der Waals surface area contributed by atoms with Crippen molar-refractivity contribution in [3.8, 4) is 0 Å². The lowest BCUT2D eigenvalue weighted by Gasteiger charge is -2.16. The van der Waals surface area contributed by atoms with Gasteiger partial charge in [0.05, 0.1) is 10.9 Å². The van der Waals surface area contributed by atoms with Crippen LogP contribution < -0.4 is 5.56 Å². The Hall–Kier alpha value is -2.42. The van der Waals surface area contributed by atoms with Crippen LogP contribution in [-0.4, -0.2) is 9.55 Å². The van der Waals surface area contributed by atoms with E-state index in [0.29, 0.717) is 11.8 Å². The molecular weight excluding hydrogens is 272 g/mol. The summed E-state index contributed by atoms with van der Waals surface area (Å²) in [6.45, 7) is 6.12. The second-order valence-corrected chi connectivity index (χ2v) is 5.98. The summed E-state index contributed by atoms with van der Waals surface area (Å²) in [5.74, 6) is 0.822. The van der Waals surface area contributed by atoms with Crippen molar-refractivity contribution in [1.29, 1.82) is 0 Å². The minimum Gasteiger partial charge on any atom is -0.293 e. The van der Waals surface area contributed by atoms with Gasteiger partial charge in [-0.3, -0.25) is 9.36 Å². The van der Waals surface area contributed by atoms with E-state index in [1.807, 2.05) is 42.7 Å². The van der Waals surface area contributed by atoms with Gasteiger partial charge in [-0.2, -0.15) is 0 Å². The van der Waals surface area contributed by atoms with Crippen LogP contribution in [0.15, 0.2) is 53.3 Å². The van der Waals surface area contributed by atoms with Gasteiger partial charge in [-0.1, -0.05) is 42.0 Å². The Bertz CT molecular complexity index is 861. The van der Waals surface area contributed by atoms with Gasteiger partial charge in [-0.05, 0) is 38.5 Å². The Kier molecular flexibility index (Phi) is 3.80. The molecule has 112 valence electrons. The van der Waals surface area contributed by atoms with Crippen molar-refractivity contribution in [2.24, 2.45) is 0 Å². The van der Waals surface area contributed by atoms with E-state index in [1.54, 1.807) is 0 Å². The first-order chi connectivity index (χ1) is 10.6. The van der Waals surface area contributed by atoms with Crippen LogP contribution in [0.3, 0.4) is 0 Å². The minimum atomic E-state index is 0.0442. The monoisotopic (exact) mass is 292 g/mol. The Morgan fingerprint density at radius 1 is 1.05 bits per heavy atom. The van der Waals surface area contributed by atoms with Gasteiger partial charge in [0.25, 0.3) is 5.56 Å². The van der Waals surface area contributed by atoms with Crippen molar-refractivity contribution in [3.05, 3.63) is 75.8 Å². The number of nitrogens with zero attached hydrogens (tertiary/aromatic N) is 2. The number of benzene rings is 2. The number of rotatable bonds is 3. The molecule has 0 saturated heterocycles. The fourth-order valence-corrected chi connectivity index (χ4v) is 2.74. The molecule has 2 aromatic carbocycles. The van der Waals surface area contributed by atoms with Gasteiger partial charge >= 0.3 is 0 Å². The first-order valence-corrected chi connectivity index (χ1v) is 7.62. The molecule has 3 aromatic rings. The van der Waals surface area contributed by atoms with E-state index in [-0.39, 0.29) is 11.6 Å². The molecule has 0 aliphatic heterocycles. The molecule has 0 saturated carbocycles. The predicted octanol–water partition coefficient (Wildman–Crippen LogP) is 3.88. The molecular formula is C19H20N2O. The second kappa shape index (κ2) is 5.76. The molecule has 1 heterocycles. The van der Waals surface area contributed by atoms with Gasteiger partial charge in [0.1, 0.15) is 5.82 Å². The Morgan fingerprint density at radius 2 is 1.73 bits per heavy atom. The van der Waals surface area contributed by atoms with E-state index in [4.69, 9.17) is 4.98 Å². The summed E-state index contributed by atoms with van der Waals surface area (Å²) in [5.41, 5.74) is 3.22. The van der Waals surface area contributed by atoms with Crippen LogP contribution in [-0.2, 0) is 6.42 Å². The summed E-state index contributed by atoms with van der Waals surface area (Å²) in [4.78, 5) is 17.5. The van der Waals surface area contributed by atoms with Crippen molar-refractivity contribution in [1.82, 2.24) is 9.55 Å². The Balaban J connectivity index is 2.17. The van der Waals surface area contributed by atoms with E-state index >= 15 is 0 Å². The fourth-order valence-electron chi connectivity index (χ4n) is 2.74. The SMILES string of the molecule is Cc1ccc(Cc2nc3ccccc3c(=O)n2C(C)C)cc1. The van der Waals surface area contributed by atoms with Crippen LogP contribution in [0.2, 0.25) is 0 Å². The molecule has 1 aromatic heterocycles. The van der Waals surface area contributed by atoms with Crippen molar-refractivity contribution in [2.45, 2.75) is 33.2 Å². The maximum Gasteiger partial charge on any atom is 0.261 e. The van der Waals surface area contributed by atoms with Gasteiger partial charge in [-0.25, -0.2) is 4.98 Å². The molecule has 0 unspecified atom stereocenters. The Labute approximate surface area is 130 Å². The molecule has 3 rings (SSSR count). The van der Waals surface area contributed by atoms with E-state index in [9.17, 15) is 4.79 Å². The maximum atomic E-state index is 12.8. The van der Waals surface area contributed by atoms with Crippen LogP contribution in [0.5, 0.6) is 0 Å². The van der Waals surface area contributed by atoms with Crippen molar-refractivity contribution >= 4 is 10.9 Å². The molecule has 0 N–H and O–H groups in total. The van der Waals surface area contributed by atoms with E-state index in [2.05, 4.69) is 31.2 Å². The number of aromatic nitrogens is 2. The summed E-state index contributed by atoms with van der Waals surface area (Å²) in [6.07, 6.45) is 0.665. The van der Waals surface area contributed by atoms with Crippen LogP contribution in [0, 0.1) is 6.92 Å². The van der Waals surface area contributed by atoms with E-state index in [0.717, 1.165) is 11.3 Å². The third kappa shape index (κ3) is 2.67. The van der Waals surface area contributed by atoms with Crippen molar-refractivity contribution in [2.75, 3.05) is 0 Å². The lowest BCUT2D eigenvalue weighted by molar-refractivity contribution is 0.547. The third-order valence-corrected chi connectivity index (χ3v) is 3.88. The van der Waals surface area contributed by atoms with Crippen LogP contribution >= 0.6 is 0 Å². The number of aryl methyl sites for hydroxylation is 1. The highest BCUT2D eigenvalue weighted by atomic mass is 16.1. The van der Waals surface area contributed by atoms with E-state index < -0.39 is 0 Å². The zero-order chi connectivity index (χ0) is 15.7. The number of para-hydroxylation sites is 1. The molecule has 0 bridgehead atoms. The summed E-state index contributed by atoms with van der Waals surface area (Å²) in [6, 6.07) is 16.0. The first kappa shape index (κ1) is 14.5. The normalized spacial score (nSPS) is 11.3. The first-order valence-electron chi connectivity index (χ1n) is 7.62. The number of fused-ring (bicyclic) bond motifs is 1. The lowest BCUT2D eigenvalue weighted by atomic mass is 10.1. The lowest BCUT2D eigenvalue weighted by Crippen LogP contribution is -2.27. The molecule has 3 nitrogen and oxygen atoms in total. The highest BCUT2D eigenvalue weighted by molar-refractivity contribution is 5.77. The van der Waals surface area contributed by atoms with E-state index in [1.165, 1.54) is 11.1 Å². The molecule has 0 atom stereocenters. The smallest absolute Gasteiger partial charge is 0.261 e. The van der Waals surface area contributed by atoms with Crippen molar-refractivity contribution in [3.63, 3.8) is 0 Å². The summed E-state index contributed by atoms with van der Waals surface area (Å²) in [7, 11) is 0. The zero-order valence-electron chi connectivity index (χ0n) is 13.2. The van der Waals surface area contributed by atoms with Crippen LogP contribution in [0.25, 0.3) is 10.9 Å². The van der Waals surface area contributed by atoms with Crippen LogP contribution in [0.1, 0.15) is 36.8 Å². The fraction of sp³-hybridized carbons (Fsp3) is 0.263. The topological polar surface area (TPSA) is 34.9 Å². The molecule has 0 amide bonds. The predicted molar refractivity (Wildman–Crippen MR) is 90.4 cm³/mol. The Morgan fingerprint density at radius 3 is 2.41 bits per heavy atom. The molecule has 0 fully saturated rings. The molecule has 0 spiro atoms. The van der Waals surface area contributed by atoms with Gasteiger partial charge in [0, 0.05) is 12.5 Å². The van der Waals surface area contributed by atoms with Gasteiger partial charge < -0.3 is 0 Å². The maximum absolute atomic E-state index is 12.8. The van der Waals surface area contributed by atoms with Crippen LogP contribution in [0.4, 0.5) is 0 Å². The van der Waals surface area contributed by atoms with Gasteiger partial charge in [-0.15, -0.1) is 0 Å². The zero-order valence-corrected chi connectivity index (χ0v) is 13.2. The minimum absolute atomic E-state index is 0.0442. The number of hydrogen-bond acceptors (Lipinski definition) is 2. The second-order valence-electron chi connectivity index (χ2n) is 5.98. The summed E-state index contributed by atoms with van der Waals surface area (Å²) in [5, 5.41) is 0.684. The molecule has 3 heteroatoms. The highest BCUT2D eigenvalue weighted by Crippen LogP contribution is 2.15. The molecule has 0 aliphatic rings. The van der Waals surface area contributed by atoms with Gasteiger partial charge in [0.2, 0.25) is 0 Å². The molecule has 0 aliphatic carbocycles. The quantitative estimate of drug-likeness (QED) is 0.734. The largest absolute Gasteiger partial charge is 0.293 e. The highest BCUT2D eigenvalue weighted by Gasteiger charge is 2.13. The average Bonchev–Trinajstić information content (AvgIpc) is 2.49. The average molecular weight is 292 g/mol. The molecule has 22 heavy (non-hydrogen) atoms. The summed E-state index contributed by atoms with van der Waals surface area (Å²) < 4.78 is 1.81. The summed E-state index contributed by atoms with van der Waals surface area (Å²) >= 11 is 0. The van der Waals surface area contributed by atoms with Gasteiger partial charge in [0.15, 0.2) is 0 Å².